The number of nitrogens with two attached hydrogens (primary N) is 1. The third kappa shape index (κ3) is 3.53. The molecule has 5 nitrogen and oxygen atoms in total. The number of hydrogen-bond donors (Lipinski definition) is 3. The highest BCUT2D eigenvalue weighted by Crippen LogP contribution is 2.26. The van der Waals surface area contributed by atoms with Crippen LogP contribution in [0.4, 0.5) is 11.4 Å². The van der Waals surface area contributed by atoms with Gasteiger partial charge in [-0.25, -0.2) is 0 Å². The maximum absolute atomic E-state index is 11.6. The molecule has 0 unspecified atom stereocenters. The van der Waals surface area contributed by atoms with E-state index in [0.29, 0.717) is 18.8 Å². The molecule has 1 fully saturated rings. The first-order valence-corrected chi connectivity index (χ1v) is 6.66. The fraction of sp³-hybridized carbons (Fsp3) is 0.500. The Kier molecular flexibility index (Phi) is 4.49. The van der Waals surface area contributed by atoms with Crippen LogP contribution in [-0.2, 0) is 4.79 Å². The summed E-state index contributed by atoms with van der Waals surface area (Å²) in [5.74, 6) is 1.17. The zero-order valence-corrected chi connectivity index (χ0v) is 11.2. The molecule has 1 aromatic carbocycles. The summed E-state index contributed by atoms with van der Waals surface area (Å²) in [4.78, 5) is 11.6. The minimum absolute atomic E-state index is 0.173. The monoisotopic (exact) mass is 263 g/mol. The van der Waals surface area contributed by atoms with Gasteiger partial charge in [0.2, 0.25) is 5.91 Å². The van der Waals surface area contributed by atoms with E-state index in [4.69, 9.17) is 10.5 Å². The number of hydrogen-bond acceptors (Lipinski definition) is 4. The molecule has 1 saturated carbocycles. The van der Waals surface area contributed by atoms with E-state index in [1.165, 1.54) is 6.42 Å². The summed E-state index contributed by atoms with van der Waals surface area (Å²) in [5, 5.41) is 6.13. The summed E-state index contributed by atoms with van der Waals surface area (Å²) in [7, 11) is 1.62. The average molecular weight is 263 g/mol. The van der Waals surface area contributed by atoms with Crippen molar-refractivity contribution in [1.29, 1.82) is 0 Å². The molecule has 4 N–H and O–H groups in total. The fourth-order valence-corrected chi connectivity index (χ4v) is 2.01. The number of ether oxygens (including phenoxy) is 1. The molecule has 1 aromatic rings. The largest absolute Gasteiger partial charge is 0.497 e. The topological polar surface area (TPSA) is 76.4 Å². The smallest absolute Gasteiger partial charge is 0.223 e. The van der Waals surface area contributed by atoms with Crippen molar-refractivity contribution in [2.45, 2.75) is 19.3 Å². The SMILES string of the molecule is COc1ccc(N)c(NCCNC(=O)C2CCC2)c1. The standard InChI is InChI=1S/C14H21N3O2/c1-19-11-5-6-12(15)13(9-11)16-7-8-17-14(18)10-3-2-4-10/h5-6,9-10,16H,2-4,7-8,15H2,1H3,(H,17,18). The van der Waals surface area contributed by atoms with Gasteiger partial charge in [-0.05, 0) is 25.0 Å². The molecule has 1 aliphatic carbocycles. The molecule has 1 aliphatic rings. The molecule has 0 aromatic heterocycles. The fourth-order valence-electron chi connectivity index (χ4n) is 2.01. The lowest BCUT2D eigenvalue weighted by Gasteiger charge is -2.24. The van der Waals surface area contributed by atoms with E-state index in [-0.39, 0.29) is 11.8 Å². The second-order valence-corrected chi connectivity index (χ2v) is 4.80. The van der Waals surface area contributed by atoms with Crippen LogP contribution < -0.4 is 21.1 Å². The minimum atomic E-state index is 0.173. The van der Waals surface area contributed by atoms with Gasteiger partial charge in [0.25, 0.3) is 0 Å². The highest BCUT2D eigenvalue weighted by Gasteiger charge is 2.24. The van der Waals surface area contributed by atoms with Crippen molar-refractivity contribution in [3.05, 3.63) is 18.2 Å². The highest BCUT2D eigenvalue weighted by molar-refractivity contribution is 5.79. The van der Waals surface area contributed by atoms with E-state index in [1.807, 2.05) is 12.1 Å². The van der Waals surface area contributed by atoms with Gasteiger partial charge in [-0.1, -0.05) is 6.42 Å². The summed E-state index contributed by atoms with van der Waals surface area (Å²) >= 11 is 0. The molecular weight excluding hydrogens is 242 g/mol. The molecule has 1 amide bonds. The van der Waals surface area contributed by atoms with Crippen LogP contribution in [-0.4, -0.2) is 26.1 Å². The molecule has 104 valence electrons. The van der Waals surface area contributed by atoms with Crippen molar-refractivity contribution < 1.29 is 9.53 Å². The minimum Gasteiger partial charge on any atom is -0.497 e. The van der Waals surface area contributed by atoms with E-state index >= 15 is 0 Å². The zero-order valence-electron chi connectivity index (χ0n) is 11.2. The van der Waals surface area contributed by atoms with Gasteiger partial charge in [0.15, 0.2) is 0 Å². The van der Waals surface area contributed by atoms with Crippen LogP contribution in [0.2, 0.25) is 0 Å². The van der Waals surface area contributed by atoms with Crippen molar-refractivity contribution in [3.63, 3.8) is 0 Å². The maximum atomic E-state index is 11.6. The second kappa shape index (κ2) is 6.31. The van der Waals surface area contributed by atoms with Gasteiger partial charge >= 0.3 is 0 Å². The van der Waals surface area contributed by atoms with Gasteiger partial charge < -0.3 is 21.1 Å². The summed E-state index contributed by atoms with van der Waals surface area (Å²) in [6, 6.07) is 5.47. The molecule has 0 saturated heterocycles. The number of amides is 1. The second-order valence-electron chi connectivity index (χ2n) is 4.80. The van der Waals surface area contributed by atoms with Crippen molar-refractivity contribution >= 4 is 17.3 Å². The first kappa shape index (κ1) is 13.5. The van der Waals surface area contributed by atoms with Crippen LogP contribution in [0.5, 0.6) is 5.75 Å². The third-order valence-electron chi connectivity index (χ3n) is 3.48. The number of nitrogen functional groups attached to an aromatic ring is 1. The Hall–Kier alpha value is -1.91. The molecule has 2 rings (SSSR count). The van der Waals surface area contributed by atoms with Gasteiger partial charge in [-0.15, -0.1) is 0 Å². The number of carbonyl (C=O) groups is 1. The van der Waals surface area contributed by atoms with Gasteiger partial charge in [0, 0.05) is 25.1 Å². The van der Waals surface area contributed by atoms with Crippen molar-refractivity contribution in [1.82, 2.24) is 5.32 Å². The van der Waals surface area contributed by atoms with Crippen LogP contribution in [0.3, 0.4) is 0 Å². The molecular formula is C14H21N3O2. The third-order valence-corrected chi connectivity index (χ3v) is 3.48. The first-order chi connectivity index (χ1) is 9.20. The Balaban J connectivity index is 1.74. The van der Waals surface area contributed by atoms with Gasteiger partial charge in [-0.2, -0.15) is 0 Å². The number of benzene rings is 1. The number of nitrogens with one attached hydrogen (secondary N) is 2. The van der Waals surface area contributed by atoms with E-state index < -0.39 is 0 Å². The van der Waals surface area contributed by atoms with E-state index in [0.717, 1.165) is 24.3 Å². The van der Waals surface area contributed by atoms with Gasteiger partial charge in [-0.3, -0.25) is 4.79 Å². The molecule has 0 radical (unpaired) electrons. The average Bonchev–Trinajstić information content (AvgIpc) is 2.34. The van der Waals surface area contributed by atoms with E-state index in [2.05, 4.69) is 10.6 Å². The van der Waals surface area contributed by atoms with Crippen molar-refractivity contribution in [2.75, 3.05) is 31.2 Å². The molecule has 0 heterocycles. The van der Waals surface area contributed by atoms with Crippen LogP contribution in [0.15, 0.2) is 18.2 Å². The Labute approximate surface area is 113 Å². The van der Waals surface area contributed by atoms with Crippen LogP contribution in [0.1, 0.15) is 19.3 Å². The van der Waals surface area contributed by atoms with E-state index in [1.54, 1.807) is 13.2 Å². The molecule has 0 atom stereocenters. The number of anilines is 2. The quantitative estimate of drug-likeness (QED) is 0.538. The van der Waals surface area contributed by atoms with Crippen molar-refractivity contribution in [3.8, 4) is 5.75 Å². The van der Waals surface area contributed by atoms with Crippen LogP contribution >= 0.6 is 0 Å². The lowest BCUT2D eigenvalue weighted by Crippen LogP contribution is -2.36. The van der Waals surface area contributed by atoms with Crippen LogP contribution in [0, 0.1) is 5.92 Å². The Bertz CT molecular complexity index is 444. The van der Waals surface area contributed by atoms with Gasteiger partial charge in [0.1, 0.15) is 5.75 Å². The normalized spacial score (nSPS) is 14.6. The summed E-state index contributed by atoms with van der Waals surface area (Å²) in [6.07, 6.45) is 3.24. The Morgan fingerprint density at radius 3 is 2.84 bits per heavy atom. The zero-order chi connectivity index (χ0) is 13.7. The first-order valence-electron chi connectivity index (χ1n) is 6.66. The predicted octanol–water partition coefficient (Wildman–Crippen LogP) is 1.61. The lowest BCUT2D eigenvalue weighted by molar-refractivity contribution is -0.127. The number of carbonyl (C=O) groups excluding carboxylic acids is 1. The predicted molar refractivity (Wildman–Crippen MR) is 76.2 cm³/mol. The molecule has 0 spiro atoms. The Morgan fingerprint density at radius 2 is 2.21 bits per heavy atom. The van der Waals surface area contributed by atoms with Gasteiger partial charge in [0.05, 0.1) is 18.5 Å². The maximum Gasteiger partial charge on any atom is 0.223 e. The molecule has 0 aliphatic heterocycles. The lowest BCUT2D eigenvalue weighted by atomic mass is 9.85. The summed E-state index contributed by atoms with van der Waals surface area (Å²) in [6.45, 7) is 1.25. The number of methoxy groups -OCH3 is 1. The summed E-state index contributed by atoms with van der Waals surface area (Å²) in [5.41, 5.74) is 7.36. The number of rotatable bonds is 6. The Morgan fingerprint density at radius 1 is 1.42 bits per heavy atom. The van der Waals surface area contributed by atoms with E-state index in [9.17, 15) is 4.79 Å². The summed E-state index contributed by atoms with van der Waals surface area (Å²) < 4.78 is 5.14. The molecule has 0 bridgehead atoms. The molecule has 5 heteroatoms. The highest BCUT2D eigenvalue weighted by atomic mass is 16.5. The van der Waals surface area contributed by atoms with Crippen molar-refractivity contribution in [2.24, 2.45) is 5.92 Å². The van der Waals surface area contributed by atoms with Crippen LogP contribution in [0.25, 0.3) is 0 Å². The molecule has 19 heavy (non-hydrogen) atoms.